The minimum Gasteiger partial charge on any atom is -0.444 e. The minimum absolute atomic E-state index is 0.275. The molecule has 1 amide bonds. The summed E-state index contributed by atoms with van der Waals surface area (Å²) in [4.78, 5) is 26.6. The molecule has 1 aromatic carbocycles. The largest absolute Gasteiger partial charge is 0.444 e. The van der Waals surface area contributed by atoms with E-state index in [0.717, 1.165) is 48.8 Å². The summed E-state index contributed by atoms with van der Waals surface area (Å²) in [5.74, 6) is 0.788. The summed E-state index contributed by atoms with van der Waals surface area (Å²) >= 11 is 3.28. The summed E-state index contributed by atoms with van der Waals surface area (Å²) in [5.41, 5.74) is 2.69. The van der Waals surface area contributed by atoms with Gasteiger partial charge in [0.1, 0.15) is 22.6 Å². The highest BCUT2D eigenvalue weighted by atomic mass is 32.2. The van der Waals surface area contributed by atoms with Gasteiger partial charge < -0.3 is 15.0 Å². The fraction of sp³-hybridized carbons (Fsp3) is 0.364. The van der Waals surface area contributed by atoms with E-state index >= 15 is 0 Å². The fourth-order valence-electron chi connectivity index (χ4n) is 3.87. The van der Waals surface area contributed by atoms with Gasteiger partial charge in [-0.05, 0) is 51.1 Å². The summed E-state index contributed by atoms with van der Waals surface area (Å²) in [7, 11) is 0. The molecular formula is C22H24N6O2S2. The standard InChI is InChI=1S/C22H24N6O2S2/c1-22(2,3)30-21(29)28-6-5-13-17(10-28)32-20-18(13)19(23-11-24-20)26-15-7-12-9-25-27-14(12)8-16(15)31-4/h7-9,11H,5-6,10H2,1-4H3,(H,25,27)(H,23,24,26). The number of benzene rings is 1. The van der Waals surface area contributed by atoms with E-state index in [9.17, 15) is 4.79 Å². The number of aromatic nitrogens is 4. The number of fused-ring (bicyclic) bond motifs is 4. The number of H-pyrrole nitrogens is 1. The van der Waals surface area contributed by atoms with E-state index < -0.39 is 5.60 Å². The molecular weight excluding hydrogens is 444 g/mol. The Hall–Kier alpha value is -2.85. The number of anilines is 2. The van der Waals surface area contributed by atoms with E-state index in [1.807, 2.05) is 27.0 Å². The van der Waals surface area contributed by atoms with Gasteiger partial charge in [-0.1, -0.05) is 0 Å². The number of nitrogens with zero attached hydrogens (tertiary/aromatic N) is 4. The van der Waals surface area contributed by atoms with E-state index in [1.165, 1.54) is 5.56 Å². The minimum atomic E-state index is -0.509. The molecule has 0 unspecified atom stereocenters. The normalized spacial score (nSPS) is 14.1. The van der Waals surface area contributed by atoms with Crippen LogP contribution in [0.25, 0.3) is 21.1 Å². The van der Waals surface area contributed by atoms with Crippen LogP contribution >= 0.6 is 23.1 Å². The molecule has 5 rings (SSSR count). The van der Waals surface area contributed by atoms with Crippen LogP contribution in [-0.2, 0) is 17.7 Å². The second kappa shape index (κ2) is 7.93. The number of nitrogens with one attached hydrogen (secondary N) is 2. The number of rotatable bonds is 3. The first-order valence-corrected chi connectivity index (χ1v) is 12.4. The monoisotopic (exact) mass is 468 g/mol. The fourth-order valence-corrected chi connectivity index (χ4v) is 5.64. The van der Waals surface area contributed by atoms with Gasteiger partial charge in [0.2, 0.25) is 0 Å². The number of hydrogen-bond donors (Lipinski definition) is 2. The van der Waals surface area contributed by atoms with Crippen LogP contribution in [0.2, 0.25) is 0 Å². The second-order valence-electron chi connectivity index (χ2n) is 8.69. The van der Waals surface area contributed by atoms with Crippen LogP contribution < -0.4 is 5.32 Å². The third-order valence-electron chi connectivity index (χ3n) is 5.30. The predicted octanol–water partition coefficient (Wildman–Crippen LogP) is 5.33. The Kier molecular flexibility index (Phi) is 5.21. The number of carbonyl (C=O) groups excluding carboxylic acids is 1. The molecule has 0 bridgehead atoms. The Bertz CT molecular complexity index is 1320. The van der Waals surface area contributed by atoms with Crippen molar-refractivity contribution in [1.82, 2.24) is 25.1 Å². The van der Waals surface area contributed by atoms with Crippen LogP contribution in [-0.4, -0.2) is 49.6 Å². The van der Waals surface area contributed by atoms with Crippen LogP contribution in [0.1, 0.15) is 31.2 Å². The average Bonchev–Trinajstić information content (AvgIpc) is 3.35. The number of thiophene rings is 1. The Balaban J connectivity index is 1.49. The molecule has 1 aliphatic heterocycles. The van der Waals surface area contributed by atoms with Gasteiger partial charge in [0.15, 0.2) is 0 Å². The highest BCUT2D eigenvalue weighted by molar-refractivity contribution is 7.98. The average molecular weight is 469 g/mol. The zero-order valence-corrected chi connectivity index (χ0v) is 20.0. The van der Waals surface area contributed by atoms with Crippen molar-refractivity contribution >= 4 is 61.8 Å². The highest BCUT2D eigenvalue weighted by Crippen LogP contribution is 2.39. The third-order valence-corrected chi connectivity index (χ3v) is 7.20. The third kappa shape index (κ3) is 3.88. The molecule has 4 aromatic rings. The van der Waals surface area contributed by atoms with Crippen molar-refractivity contribution in [3.8, 4) is 0 Å². The number of ether oxygens (including phenoxy) is 1. The molecule has 0 spiro atoms. The lowest BCUT2D eigenvalue weighted by molar-refractivity contribution is 0.0227. The van der Waals surface area contributed by atoms with E-state index in [0.29, 0.717) is 13.1 Å². The highest BCUT2D eigenvalue weighted by Gasteiger charge is 2.29. The number of hydrogen-bond acceptors (Lipinski definition) is 8. The zero-order chi connectivity index (χ0) is 22.5. The molecule has 32 heavy (non-hydrogen) atoms. The van der Waals surface area contributed by atoms with Crippen molar-refractivity contribution in [2.45, 2.75) is 44.2 Å². The Morgan fingerprint density at radius 1 is 1.31 bits per heavy atom. The number of carbonyl (C=O) groups is 1. The topological polar surface area (TPSA) is 96.0 Å². The maximum absolute atomic E-state index is 12.6. The lowest BCUT2D eigenvalue weighted by Crippen LogP contribution is -2.39. The first-order valence-electron chi connectivity index (χ1n) is 10.3. The van der Waals surface area contributed by atoms with E-state index in [-0.39, 0.29) is 6.09 Å². The van der Waals surface area contributed by atoms with Crippen molar-refractivity contribution in [3.63, 3.8) is 0 Å². The maximum Gasteiger partial charge on any atom is 0.410 e. The predicted molar refractivity (Wildman–Crippen MR) is 129 cm³/mol. The van der Waals surface area contributed by atoms with E-state index in [4.69, 9.17) is 4.74 Å². The summed E-state index contributed by atoms with van der Waals surface area (Å²) in [6.45, 7) is 6.80. The molecule has 1 aliphatic rings. The van der Waals surface area contributed by atoms with Gasteiger partial charge in [0, 0.05) is 21.7 Å². The molecule has 8 nitrogen and oxygen atoms in total. The molecule has 0 atom stereocenters. The molecule has 3 aromatic heterocycles. The molecule has 4 heterocycles. The van der Waals surface area contributed by atoms with Gasteiger partial charge in [0.25, 0.3) is 0 Å². The molecule has 0 radical (unpaired) electrons. The second-order valence-corrected chi connectivity index (χ2v) is 10.6. The summed E-state index contributed by atoms with van der Waals surface area (Å²) in [5, 5.41) is 12.8. The van der Waals surface area contributed by atoms with Crippen LogP contribution in [0.15, 0.2) is 29.6 Å². The van der Waals surface area contributed by atoms with Crippen LogP contribution in [0.3, 0.4) is 0 Å². The van der Waals surface area contributed by atoms with E-state index in [1.54, 1.807) is 34.3 Å². The summed E-state index contributed by atoms with van der Waals surface area (Å²) in [6.07, 6.45) is 5.93. The summed E-state index contributed by atoms with van der Waals surface area (Å²) in [6, 6.07) is 4.18. The number of amides is 1. The molecule has 0 fully saturated rings. The van der Waals surface area contributed by atoms with Gasteiger partial charge >= 0.3 is 6.09 Å². The van der Waals surface area contributed by atoms with Crippen LogP contribution in [0.5, 0.6) is 0 Å². The lowest BCUT2D eigenvalue weighted by Gasteiger charge is -2.30. The molecule has 0 saturated carbocycles. The van der Waals surface area contributed by atoms with Gasteiger partial charge in [-0.15, -0.1) is 23.1 Å². The van der Waals surface area contributed by atoms with Gasteiger partial charge in [-0.2, -0.15) is 5.10 Å². The maximum atomic E-state index is 12.6. The van der Waals surface area contributed by atoms with E-state index in [2.05, 4.69) is 43.9 Å². The van der Waals surface area contributed by atoms with Crippen molar-refractivity contribution in [1.29, 1.82) is 0 Å². The Labute approximate surface area is 193 Å². The van der Waals surface area contributed by atoms with Crippen LogP contribution in [0, 0.1) is 0 Å². The Morgan fingerprint density at radius 2 is 2.16 bits per heavy atom. The first-order chi connectivity index (χ1) is 15.3. The quantitative estimate of drug-likeness (QED) is 0.393. The smallest absolute Gasteiger partial charge is 0.410 e. The summed E-state index contributed by atoms with van der Waals surface area (Å²) < 4.78 is 5.56. The number of thioether (sulfide) groups is 1. The Morgan fingerprint density at radius 3 is 2.94 bits per heavy atom. The molecule has 2 N–H and O–H groups in total. The molecule has 0 saturated heterocycles. The van der Waals surface area contributed by atoms with Crippen molar-refractivity contribution < 1.29 is 9.53 Å². The van der Waals surface area contributed by atoms with Gasteiger partial charge in [-0.3, -0.25) is 5.10 Å². The molecule has 10 heteroatoms. The molecule has 166 valence electrons. The van der Waals surface area contributed by atoms with Crippen molar-refractivity contribution in [3.05, 3.63) is 35.1 Å². The SMILES string of the molecule is CSc1cc2[nH]ncc2cc1Nc1ncnc2sc3c(c12)CCN(C(=O)OC(C)(C)C)C3. The lowest BCUT2D eigenvalue weighted by atomic mass is 10.1. The van der Waals surface area contributed by atoms with Gasteiger partial charge in [-0.25, -0.2) is 14.8 Å². The van der Waals surface area contributed by atoms with Gasteiger partial charge in [0.05, 0.1) is 29.3 Å². The van der Waals surface area contributed by atoms with Crippen molar-refractivity contribution in [2.24, 2.45) is 0 Å². The van der Waals surface area contributed by atoms with Crippen molar-refractivity contribution in [2.75, 3.05) is 18.1 Å². The zero-order valence-electron chi connectivity index (χ0n) is 18.4. The first kappa shape index (κ1) is 21.0. The number of aromatic amines is 1. The van der Waals surface area contributed by atoms with Crippen LogP contribution in [0.4, 0.5) is 16.3 Å². The molecule has 0 aliphatic carbocycles.